The molecule has 3 nitrogen and oxygen atoms in total. The predicted octanol–water partition coefficient (Wildman–Crippen LogP) is 3.82. The Morgan fingerprint density at radius 3 is 2.50 bits per heavy atom. The van der Waals surface area contributed by atoms with Crippen molar-refractivity contribution in [1.82, 2.24) is 15.0 Å². The number of imidazole rings is 1. The molecule has 0 aromatic carbocycles. The molecule has 0 aliphatic carbocycles. The molecule has 0 atom stereocenters. The average molecular weight is 320 g/mol. The van der Waals surface area contributed by atoms with E-state index in [1.165, 1.54) is 0 Å². The van der Waals surface area contributed by atoms with Crippen LogP contribution in [0.1, 0.15) is 18.2 Å². The van der Waals surface area contributed by atoms with Gasteiger partial charge >= 0.3 is 6.18 Å². The minimum absolute atomic E-state index is 0.0943. The standard InChI is InChI=1S/C11H9BrF3N3/c1-2-6-3-4-7(16-5-6)10-17-8(9(12)18-10)11(13,14)15/h3-5H,2H2,1H3,(H,17,18). The number of nitrogens with one attached hydrogen (secondary N) is 1. The van der Waals surface area contributed by atoms with Crippen LogP contribution in [0.2, 0.25) is 0 Å². The Balaban J connectivity index is 2.39. The molecule has 0 radical (unpaired) electrons. The summed E-state index contributed by atoms with van der Waals surface area (Å²) >= 11 is 2.79. The third-order valence-electron chi connectivity index (χ3n) is 2.42. The predicted molar refractivity (Wildman–Crippen MR) is 63.9 cm³/mol. The summed E-state index contributed by atoms with van der Waals surface area (Å²) in [5.74, 6) is 0.0943. The zero-order chi connectivity index (χ0) is 13.3. The number of pyridine rings is 1. The lowest BCUT2D eigenvalue weighted by molar-refractivity contribution is -0.141. The van der Waals surface area contributed by atoms with E-state index < -0.39 is 11.9 Å². The summed E-state index contributed by atoms with van der Waals surface area (Å²) in [7, 11) is 0. The van der Waals surface area contributed by atoms with Crippen LogP contribution in [0, 0.1) is 0 Å². The maximum Gasteiger partial charge on any atom is 0.433 e. The van der Waals surface area contributed by atoms with Crippen LogP contribution in [0.15, 0.2) is 22.9 Å². The molecule has 2 aromatic heterocycles. The Morgan fingerprint density at radius 1 is 1.33 bits per heavy atom. The van der Waals surface area contributed by atoms with Gasteiger partial charge in [0.25, 0.3) is 0 Å². The van der Waals surface area contributed by atoms with Crippen LogP contribution < -0.4 is 0 Å². The fourth-order valence-corrected chi connectivity index (χ4v) is 1.94. The lowest BCUT2D eigenvalue weighted by atomic mass is 10.2. The van der Waals surface area contributed by atoms with E-state index in [9.17, 15) is 13.2 Å². The molecular formula is C11H9BrF3N3. The van der Waals surface area contributed by atoms with Crippen molar-refractivity contribution in [2.75, 3.05) is 0 Å². The Kier molecular flexibility index (Phi) is 3.43. The number of nitrogens with zero attached hydrogens (tertiary/aromatic N) is 2. The van der Waals surface area contributed by atoms with Gasteiger partial charge in [-0.15, -0.1) is 0 Å². The van der Waals surface area contributed by atoms with Crippen LogP contribution in [0.25, 0.3) is 11.5 Å². The minimum atomic E-state index is -4.46. The van der Waals surface area contributed by atoms with Gasteiger partial charge in [0.1, 0.15) is 10.3 Å². The highest BCUT2D eigenvalue weighted by Crippen LogP contribution is 2.34. The van der Waals surface area contributed by atoms with Crippen molar-refractivity contribution in [1.29, 1.82) is 0 Å². The Bertz CT molecular complexity index is 546. The van der Waals surface area contributed by atoms with Crippen LogP contribution >= 0.6 is 15.9 Å². The molecule has 0 amide bonds. The van der Waals surface area contributed by atoms with E-state index in [2.05, 4.69) is 30.9 Å². The van der Waals surface area contributed by atoms with Crippen molar-refractivity contribution >= 4 is 15.9 Å². The first-order valence-electron chi connectivity index (χ1n) is 5.19. The number of alkyl halides is 3. The highest BCUT2D eigenvalue weighted by Gasteiger charge is 2.36. The summed E-state index contributed by atoms with van der Waals surface area (Å²) in [6.07, 6.45) is -2.02. The van der Waals surface area contributed by atoms with Gasteiger partial charge in [-0.25, -0.2) is 4.98 Å². The molecule has 2 rings (SSSR count). The van der Waals surface area contributed by atoms with E-state index in [0.717, 1.165) is 12.0 Å². The molecular weight excluding hydrogens is 311 g/mol. The van der Waals surface area contributed by atoms with Crippen molar-refractivity contribution < 1.29 is 13.2 Å². The summed E-state index contributed by atoms with van der Waals surface area (Å²) in [6, 6.07) is 3.45. The second kappa shape index (κ2) is 4.72. The number of H-pyrrole nitrogens is 1. The highest BCUT2D eigenvalue weighted by molar-refractivity contribution is 9.10. The number of hydrogen-bond donors (Lipinski definition) is 1. The zero-order valence-electron chi connectivity index (χ0n) is 9.35. The van der Waals surface area contributed by atoms with Crippen molar-refractivity contribution in [2.45, 2.75) is 19.5 Å². The summed E-state index contributed by atoms with van der Waals surface area (Å²) in [5.41, 5.74) is 0.489. The van der Waals surface area contributed by atoms with E-state index in [-0.39, 0.29) is 10.4 Å². The fourth-order valence-electron chi connectivity index (χ4n) is 1.43. The molecule has 0 saturated heterocycles. The molecule has 0 fully saturated rings. The normalized spacial score (nSPS) is 11.8. The molecule has 2 aromatic rings. The van der Waals surface area contributed by atoms with E-state index in [1.807, 2.05) is 13.0 Å². The maximum absolute atomic E-state index is 12.6. The van der Waals surface area contributed by atoms with Crippen molar-refractivity contribution in [3.05, 3.63) is 34.2 Å². The summed E-state index contributed by atoms with van der Waals surface area (Å²) in [4.78, 5) is 10.1. The third kappa shape index (κ3) is 2.55. The molecule has 0 saturated carbocycles. The van der Waals surface area contributed by atoms with Crippen molar-refractivity contribution in [3.8, 4) is 11.5 Å². The van der Waals surface area contributed by atoms with Crippen LogP contribution in [-0.4, -0.2) is 15.0 Å². The molecule has 0 aliphatic heterocycles. The smallest absolute Gasteiger partial charge is 0.332 e. The Morgan fingerprint density at radius 2 is 2.06 bits per heavy atom. The quantitative estimate of drug-likeness (QED) is 0.914. The van der Waals surface area contributed by atoms with Gasteiger partial charge in [-0.05, 0) is 34.0 Å². The fraction of sp³-hybridized carbons (Fsp3) is 0.273. The number of aromatic amines is 1. The number of hydrogen-bond acceptors (Lipinski definition) is 2. The van der Waals surface area contributed by atoms with Gasteiger partial charge in [-0.2, -0.15) is 13.2 Å². The second-order valence-corrected chi connectivity index (χ2v) is 4.41. The highest BCUT2D eigenvalue weighted by atomic mass is 79.9. The van der Waals surface area contributed by atoms with Crippen LogP contribution in [0.4, 0.5) is 13.2 Å². The molecule has 96 valence electrons. The van der Waals surface area contributed by atoms with E-state index in [0.29, 0.717) is 5.69 Å². The van der Waals surface area contributed by atoms with Crippen molar-refractivity contribution in [3.63, 3.8) is 0 Å². The van der Waals surface area contributed by atoms with E-state index in [4.69, 9.17) is 0 Å². The van der Waals surface area contributed by atoms with Gasteiger partial charge in [0.05, 0.1) is 0 Å². The molecule has 0 bridgehead atoms. The number of halogens is 4. The number of aromatic nitrogens is 3. The third-order valence-corrected chi connectivity index (χ3v) is 2.99. The molecule has 1 N–H and O–H groups in total. The van der Waals surface area contributed by atoms with Gasteiger partial charge < -0.3 is 4.98 Å². The zero-order valence-corrected chi connectivity index (χ0v) is 10.9. The first-order chi connectivity index (χ1) is 8.41. The number of aryl methyl sites for hydroxylation is 1. The topological polar surface area (TPSA) is 41.6 Å². The maximum atomic E-state index is 12.6. The summed E-state index contributed by atoms with van der Waals surface area (Å²) < 4.78 is 37.5. The van der Waals surface area contributed by atoms with E-state index >= 15 is 0 Å². The Hall–Kier alpha value is -1.37. The van der Waals surface area contributed by atoms with Gasteiger partial charge in [0.2, 0.25) is 0 Å². The average Bonchev–Trinajstić information content (AvgIpc) is 2.71. The lowest BCUT2D eigenvalue weighted by Crippen LogP contribution is -2.06. The van der Waals surface area contributed by atoms with Crippen LogP contribution in [-0.2, 0) is 12.6 Å². The first-order valence-corrected chi connectivity index (χ1v) is 5.99. The van der Waals surface area contributed by atoms with Gasteiger partial charge in [0, 0.05) is 6.20 Å². The van der Waals surface area contributed by atoms with Crippen LogP contribution in [0.5, 0.6) is 0 Å². The van der Waals surface area contributed by atoms with Crippen molar-refractivity contribution in [2.24, 2.45) is 0 Å². The van der Waals surface area contributed by atoms with Gasteiger partial charge in [-0.1, -0.05) is 13.0 Å². The molecule has 0 aliphatic rings. The lowest BCUT2D eigenvalue weighted by Gasteiger charge is -2.02. The second-order valence-electron chi connectivity index (χ2n) is 3.65. The molecule has 0 unspecified atom stereocenters. The van der Waals surface area contributed by atoms with Gasteiger partial charge in [-0.3, -0.25) is 4.98 Å². The SMILES string of the molecule is CCc1ccc(-c2nc(Br)c(C(F)(F)F)[nH]2)nc1. The first kappa shape index (κ1) is 13.1. The molecule has 2 heterocycles. The molecule has 0 spiro atoms. The monoisotopic (exact) mass is 319 g/mol. The molecule has 18 heavy (non-hydrogen) atoms. The Labute approximate surface area is 110 Å². The molecule has 7 heteroatoms. The minimum Gasteiger partial charge on any atom is -0.332 e. The van der Waals surface area contributed by atoms with Gasteiger partial charge in [0.15, 0.2) is 11.5 Å². The number of rotatable bonds is 2. The summed E-state index contributed by atoms with van der Waals surface area (Å²) in [6.45, 7) is 1.97. The van der Waals surface area contributed by atoms with Crippen LogP contribution in [0.3, 0.4) is 0 Å². The van der Waals surface area contributed by atoms with E-state index in [1.54, 1.807) is 12.3 Å². The summed E-state index contributed by atoms with van der Waals surface area (Å²) in [5, 5.41) is 0. The largest absolute Gasteiger partial charge is 0.433 e.